The highest BCUT2D eigenvalue weighted by Crippen LogP contribution is 2.46. The van der Waals surface area contributed by atoms with E-state index in [-0.39, 0.29) is 18.4 Å². The summed E-state index contributed by atoms with van der Waals surface area (Å²) in [7, 11) is 0. The van der Waals surface area contributed by atoms with Crippen LogP contribution in [0.2, 0.25) is 0 Å². The third-order valence-corrected chi connectivity index (χ3v) is 8.29. The van der Waals surface area contributed by atoms with Gasteiger partial charge in [0.15, 0.2) is 0 Å². The van der Waals surface area contributed by atoms with Gasteiger partial charge >= 0.3 is 5.97 Å². The fourth-order valence-corrected chi connectivity index (χ4v) is 6.51. The molecule has 0 aliphatic heterocycles. The molecule has 0 bridgehead atoms. The predicted molar refractivity (Wildman–Crippen MR) is 139 cm³/mol. The summed E-state index contributed by atoms with van der Waals surface area (Å²) >= 11 is 2.71. The molecule has 8 heteroatoms. The number of nitrogen functional groups attached to an aromatic ring is 1. The number of aryl methyl sites for hydroxylation is 2. The zero-order valence-corrected chi connectivity index (χ0v) is 20.9. The fourth-order valence-electron chi connectivity index (χ4n) is 4.32. The van der Waals surface area contributed by atoms with Crippen LogP contribution in [0.3, 0.4) is 0 Å². The summed E-state index contributed by atoms with van der Waals surface area (Å²) in [4.78, 5) is 33.3. The Labute approximate surface area is 205 Å². The van der Waals surface area contributed by atoms with Gasteiger partial charge in [-0.3, -0.25) is 4.79 Å². The van der Waals surface area contributed by atoms with Gasteiger partial charge in [-0.15, -0.1) is 22.7 Å². The first-order chi connectivity index (χ1) is 16.4. The number of amides is 1. The van der Waals surface area contributed by atoms with Crippen LogP contribution in [0.1, 0.15) is 62.9 Å². The van der Waals surface area contributed by atoms with E-state index in [1.807, 2.05) is 30.3 Å². The van der Waals surface area contributed by atoms with Crippen molar-refractivity contribution < 1.29 is 14.3 Å². The average molecular weight is 492 g/mol. The molecule has 0 atom stereocenters. The Morgan fingerprint density at radius 1 is 1.15 bits per heavy atom. The van der Waals surface area contributed by atoms with E-state index in [4.69, 9.17) is 10.5 Å². The zero-order valence-electron chi connectivity index (χ0n) is 19.2. The second kappa shape index (κ2) is 8.85. The van der Waals surface area contributed by atoms with Crippen LogP contribution in [0.15, 0.2) is 36.4 Å². The molecular formula is C26H25N3O3S2. The smallest absolute Gasteiger partial charge is 0.341 e. The van der Waals surface area contributed by atoms with Crippen molar-refractivity contribution in [3.63, 3.8) is 0 Å². The minimum Gasteiger partial charge on any atom is -0.462 e. The van der Waals surface area contributed by atoms with Crippen LogP contribution in [-0.4, -0.2) is 23.5 Å². The summed E-state index contributed by atoms with van der Waals surface area (Å²) in [6.07, 6.45) is 1.71. The number of pyridine rings is 1. The van der Waals surface area contributed by atoms with Gasteiger partial charge in [-0.2, -0.15) is 0 Å². The van der Waals surface area contributed by atoms with Crippen LogP contribution in [-0.2, 0) is 17.6 Å². The highest BCUT2D eigenvalue weighted by Gasteiger charge is 2.31. The maximum Gasteiger partial charge on any atom is 0.341 e. The summed E-state index contributed by atoms with van der Waals surface area (Å²) in [5.74, 6) is -0.499. The first kappa shape index (κ1) is 22.6. The number of hydrogen-bond acceptors (Lipinski definition) is 7. The van der Waals surface area contributed by atoms with Crippen LogP contribution in [0.4, 0.5) is 10.7 Å². The van der Waals surface area contributed by atoms with Crippen LogP contribution in [0, 0.1) is 0 Å². The lowest BCUT2D eigenvalue weighted by Gasteiger charge is -2.17. The van der Waals surface area contributed by atoms with Crippen molar-refractivity contribution in [3.05, 3.63) is 63.0 Å². The Morgan fingerprint density at radius 2 is 1.94 bits per heavy atom. The number of nitrogens with two attached hydrogens (primary N) is 1. The fraction of sp³-hybridized carbons (Fsp3) is 0.269. The van der Waals surface area contributed by atoms with Gasteiger partial charge in [0.1, 0.15) is 20.3 Å². The second-order valence-corrected chi connectivity index (χ2v) is 10.6. The Kier molecular flexibility index (Phi) is 5.87. The van der Waals surface area contributed by atoms with Crippen molar-refractivity contribution >= 4 is 55.5 Å². The van der Waals surface area contributed by atoms with Gasteiger partial charge in [-0.05, 0) is 48.9 Å². The van der Waals surface area contributed by atoms with E-state index in [1.54, 1.807) is 6.92 Å². The van der Waals surface area contributed by atoms with Crippen LogP contribution >= 0.6 is 22.7 Å². The van der Waals surface area contributed by atoms with Crippen molar-refractivity contribution in [1.29, 1.82) is 0 Å². The highest BCUT2D eigenvalue weighted by molar-refractivity contribution is 7.21. The number of benzene rings is 1. The lowest BCUT2D eigenvalue weighted by molar-refractivity contribution is 0.0529. The van der Waals surface area contributed by atoms with Gasteiger partial charge in [-0.25, -0.2) is 9.78 Å². The molecule has 3 aromatic heterocycles. The van der Waals surface area contributed by atoms with Crippen LogP contribution < -0.4 is 11.1 Å². The number of fused-ring (bicyclic) bond motifs is 4. The van der Waals surface area contributed by atoms with Crippen LogP contribution in [0.25, 0.3) is 21.3 Å². The minimum absolute atomic E-state index is 0.256. The molecule has 5 rings (SSSR count). The standard InChI is InChI=1S/C26H25N3O3S2/c1-4-32-26(31)20-19-15-8-6-5-7-14(15)9-12-18(19)33-25(20)29-23(30)22-21(27)16-10-11-17(13(2)3)28-24(16)34-22/h5-8,10-11,13H,4,9,12,27H2,1-3H3,(H,29,30). The monoisotopic (exact) mass is 491 g/mol. The molecule has 3 heterocycles. The molecule has 0 saturated heterocycles. The molecule has 0 spiro atoms. The molecule has 0 saturated carbocycles. The maximum atomic E-state index is 13.4. The van der Waals surface area contributed by atoms with Crippen molar-refractivity contribution in [2.45, 2.75) is 39.5 Å². The normalized spacial score (nSPS) is 12.5. The Hall–Kier alpha value is -3.23. The number of hydrogen-bond donors (Lipinski definition) is 2. The van der Waals surface area contributed by atoms with Crippen LogP contribution in [0.5, 0.6) is 0 Å². The summed E-state index contributed by atoms with van der Waals surface area (Å²) in [5.41, 5.74) is 11.2. The van der Waals surface area contributed by atoms with E-state index < -0.39 is 5.97 Å². The number of carbonyl (C=O) groups excluding carboxylic acids is 2. The molecule has 1 amide bonds. The molecule has 4 aromatic rings. The van der Waals surface area contributed by atoms with E-state index in [2.05, 4.69) is 30.2 Å². The molecular weight excluding hydrogens is 466 g/mol. The highest BCUT2D eigenvalue weighted by atomic mass is 32.1. The van der Waals surface area contributed by atoms with Gasteiger partial charge < -0.3 is 15.8 Å². The number of nitrogens with one attached hydrogen (secondary N) is 1. The van der Waals surface area contributed by atoms with E-state index in [0.717, 1.165) is 44.8 Å². The topological polar surface area (TPSA) is 94.3 Å². The van der Waals surface area contributed by atoms with Crippen molar-refractivity contribution in [2.75, 3.05) is 17.7 Å². The molecule has 0 radical (unpaired) electrons. The minimum atomic E-state index is -0.431. The largest absolute Gasteiger partial charge is 0.462 e. The van der Waals surface area contributed by atoms with Crippen molar-refractivity contribution in [2.24, 2.45) is 0 Å². The van der Waals surface area contributed by atoms with E-state index >= 15 is 0 Å². The molecule has 1 aromatic carbocycles. The molecule has 174 valence electrons. The Balaban J connectivity index is 1.57. The summed E-state index contributed by atoms with van der Waals surface area (Å²) in [6, 6.07) is 11.9. The number of nitrogens with zero attached hydrogens (tertiary/aromatic N) is 1. The predicted octanol–water partition coefficient (Wildman–Crippen LogP) is 6.26. The van der Waals surface area contributed by atoms with Gasteiger partial charge in [0.25, 0.3) is 5.91 Å². The number of aromatic nitrogens is 1. The number of carbonyl (C=O) groups is 2. The van der Waals surface area contributed by atoms with Gasteiger partial charge in [0.2, 0.25) is 0 Å². The third kappa shape index (κ3) is 3.76. The molecule has 0 unspecified atom stereocenters. The van der Waals surface area contributed by atoms with Crippen molar-refractivity contribution in [1.82, 2.24) is 4.98 Å². The van der Waals surface area contributed by atoms with Gasteiger partial charge in [0.05, 0.1) is 12.3 Å². The van der Waals surface area contributed by atoms with Crippen molar-refractivity contribution in [3.8, 4) is 11.1 Å². The second-order valence-electron chi connectivity index (χ2n) is 8.52. The number of esters is 1. The first-order valence-corrected chi connectivity index (χ1v) is 12.9. The SMILES string of the molecule is CCOC(=O)c1c(NC(=O)c2sc3nc(C(C)C)ccc3c2N)sc2c1-c1ccccc1CC2. The quantitative estimate of drug-likeness (QED) is 0.321. The first-order valence-electron chi connectivity index (χ1n) is 11.3. The third-order valence-electron chi connectivity index (χ3n) is 6.01. The average Bonchev–Trinajstić information content (AvgIpc) is 3.36. The van der Waals surface area contributed by atoms with Gasteiger partial charge in [-0.1, -0.05) is 38.1 Å². The number of ether oxygens (including phenoxy) is 1. The molecule has 0 fully saturated rings. The summed E-state index contributed by atoms with van der Waals surface area (Å²) < 4.78 is 5.39. The Morgan fingerprint density at radius 3 is 2.71 bits per heavy atom. The number of anilines is 2. The molecule has 1 aliphatic carbocycles. The lowest BCUT2D eigenvalue weighted by atomic mass is 9.88. The molecule has 34 heavy (non-hydrogen) atoms. The number of thiophene rings is 2. The summed E-state index contributed by atoms with van der Waals surface area (Å²) in [6.45, 7) is 6.18. The summed E-state index contributed by atoms with van der Waals surface area (Å²) in [5, 5.41) is 4.24. The van der Waals surface area contributed by atoms with E-state index in [0.29, 0.717) is 21.1 Å². The Bertz CT molecular complexity index is 1430. The maximum absolute atomic E-state index is 13.4. The van der Waals surface area contributed by atoms with E-state index in [9.17, 15) is 9.59 Å². The van der Waals surface area contributed by atoms with Gasteiger partial charge in [0, 0.05) is 21.5 Å². The molecule has 3 N–H and O–H groups in total. The molecule has 6 nitrogen and oxygen atoms in total. The lowest BCUT2D eigenvalue weighted by Crippen LogP contribution is -2.15. The van der Waals surface area contributed by atoms with E-state index in [1.165, 1.54) is 28.2 Å². The zero-order chi connectivity index (χ0) is 24.0. The number of rotatable bonds is 5. The molecule has 1 aliphatic rings.